The summed E-state index contributed by atoms with van der Waals surface area (Å²) in [6.45, 7) is 1.96. The zero-order valence-electron chi connectivity index (χ0n) is 10.6. The molecule has 1 atom stereocenters. The largest absolute Gasteiger partial charge is 0.366 e. The van der Waals surface area contributed by atoms with Gasteiger partial charge in [-0.3, -0.25) is 4.79 Å². The number of sulfone groups is 1. The van der Waals surface area contributed by atoms with Crippen LogP contribution in [-0.4, -0.2) is 26.6 Å². The lowest BCUT2D eigenvalue weighted by atomic mass is 10.1. The summed E-state index contributed by atoms with van der Waals surface area (Å²) in [6, 6.07) is 3.52. The van der Waals surface area contributed by atoms with Crippen molar-refractivity contribution in [1.29, 1.82) is 0 Å². The van der Waals surface area contributed by atoms with Crippen LogP contribution in [0.1, 0.15) is 22.8 Å². The van der Waals surface area contributed by atoms with Crippen LogP contribution in [0.5, 0.6) is 0 Å². The first kappa shape index (κ1) is 15.6. The molecule has 0 saturated heterocycles. The van der Waals surface area contributed by atoms with Crippen molar-refractivity contribution >= 4 is 15.7 Å². The highest BCUT2D eigenvalue weighted by Crippen LogP contribution is 2.15. The van der Waals surface area contributed by atoms with Crippen LogP contribution in [-0.2, 0) is 15.6 Å². The molecule has 0 heterocycles. The van der Waals surface area contributed by atoms with Crippen LogP contribution >= 0.6 is 0 Å². The first-order valence-corrected chi connectivity index (χ1v) is 7.56. The Morgan fingerprint density at radius 3 is 2.53 bits per heavy atom. The third kappa shape index (κ3) is 4.60. The lowest BCUT2D eigenvalue weighted by Crippen LogP contribution is -2.22. The Bertz CT molecular complexity index is 572. The molecule has 0 spiro atoms. The number of hydrogen-bond donors (Lipinski definition) is 2. The quantitative estimate of drug-likeness (QED) is 0.792. The van der Waals surface area contributed by atoms with Crippen molar-refractivity contribution in [3.63, 3.8) is 0 Å². The van der Waals surface area contributed by atoms with E-state index in [1.54, 1.807) is 6.92 Å². The molecule has 1 rings (SSSR count). The minimum absolute atomic E-state index is 0.00831. The highest BCUT2D eigenvalue weighted by molar-refractivity contribution is 7.90. The number of nitrogens with two attached hydrogens (primary N) is 2. The topological polar surface area (TPSA) is 103 Å². The van der Waals surface area contributed by atoms with Gasteiger partial charge in [0.15, 0.2) is 9.84 Å². The summed E-state index contributed by atoms with van der Waals surface area (Å²) >= 11 is 0. The van der Waals surface area contributed by atoms with Gasteiger partial charge in [-0.05, 0) is 24.6 Å². The molecule has 0 fully saturated rings. The summed E-state index contributed by atoms with van der Waals surface area (Å²) < 4.78 is 37.3. The van der Waals surface area contributed by atoms with Crippen LogP contribution in [0.25, 0.3) is 0 Å². The standard InChI is InChI=1S/C12H17FN2O3S/c1-8(5-14)6-19(17,18)7-10-3-2-9(12(15)16)4-11(10)13/h2-4,8H,5-7,14H2,1H3,(H2,15,16). The molecule has 4 N–H and O–H groups in total. The molecular weight excluding hydrogens is 271 g/mol. The Hall–Kier alpha value is -1.47. The maximum Gasteiger partial charge on any atom is 0.248 e. The number of carbonyl (C=O) groups is 1. The monoisotopic (exact) mass is 288 g/mol. The Labute approximate surface area is 111 Å². The summed E-state index contributed by atoms with van der Waals surface area (Å²) in [5.74, 6) is -2.20. The molecule has 0 aliphatic rings. The van der Waals surface area contributed by atoms with Gasteiger partial charge in [-0.25, -0.2) is 12.8 Å². The molecule has 0 aliphatic heterocycles. The maximum absolute atomic E-state index is 13.7. The molecular formula is C12H17FN2O3S. The molecule has 19 heavy (non-hydrogen) atoms. The van der Waals surface area contributed by atoms with Crippen LogP contribution in [0.15, 0.2) is 18.2 Å². The third-order valence-electron chi connectivity index (χ3n) is 2.65. The lowest BCUT2D eigenvalue weighted by molar-refractivity contribution is 0.1000. The van der Waals surface area contributed by atoms with Crippen molar-refractivity contribution in [2.45, 2.75) is 12.7 Å². The number of primary amides is 1. The van der Waals surface area contributed by atoms with E-state index in [1.165, 1.54) is 12.1 Å². The van der Waals surface area contributed by atoms with Gasteiger partial charge < -0.3 is 11.5 Å². The predicted octanol–water partition coefficient (Wildman–Crippen LogP) is 0.434. The van der Waals surface area contributed by atoms with Gasteiger partial charge in [-0.2, -0.15) is 0 Å². The Morgan fingerprint density at radius 2 is 2.05 bits per heavy atom. The molecule has 1 unspecified atom stereocenters. The van der Waals surface area contributed by atoms with E-state index in [2.05, 4.69) is 0 Å². The summed E-state index contributed by atoms with van der Waals surface area (Å²) in [6.07, 6.45) is 0. The van der Waals surface area contributed by atoms with Crippen molar-refractivity contribution in [3.05, 3.63) is 35.1 Å². The minimum atomic E-state index is -3.44. The second kappa shape index (κ2) is 6.12. The van der Waals surface area contributed by atoms with Crippen molar-refractivity contribution in [2.24, 2.45) is 17.4 Å². The van der Waals surface area contributed by atoms with Gasteiger partial charge in [0.05, 0.1) is 11.5 Å². The van der Waals surface area contributed by atoms with E-state index >= 15 is 0 Å². The maximum atomic E-state index is 13.7. The summed E-state index contributed by atoms with van der Waals surface area (Å²) in [5, 5.41) is 0. The number of halogens is 1. The summed E-state index contributed by atoms with van der Waals surface area (Å²) in [4.78, 5) is 10.9. The minimum Gasteiger partial charge on any atom is -0.366 e. The lowest BCUT2D eigenvalue weighted by Gasteiger charge is -2.10. The second-order valence-corrected chi connectivity index (χ2v) is 6.68. The fourth-order valence-corrected chi connectivity index (χ4v) is 3.44. The van der Waals surface area contributed by atoms with Gasteiger partial charge in [0.2, 0.25) is 5.91 Å². The van der Waals surface area contributed by atoms with Crippen LogP contribution in [0, 0.1) is 11.7 Å². The molecule has 106 valence electrons. The Kier molecular flexibility index (Phi) is 5.02. The molecule has 0 aliphatic carbocycles. The molecule has 5 nitrogen and oxygen atoms in total. The predicted molar refractivity (Wildman–Crippen MR) is 70.6 cm³/mol. The zero-order valence-corrected chi connectivity index (χ0v) is 11.4. The average Bonchev–Trinajstić information content (AvgIpc) is 2.30. The van der Waals surface area contributed by atoms with Gasteiger partial charge in [0, 0.05) is 11.1 Å². The van der Waals surface area contributed by atoms with E-state index in [1.807, 2.05) is 0 Å². The van der Waals surface area contributed by atoms with Gasteiger partial charge in [0.1, 0.15) is 5.82 Å². The smallest absolute Gasteiger partial charge is 0.248 e. The number of benzene rings is 1. The molecule has 1 aromatic carbocycles. The van der Waals surface area contributed by atoms with E-state index in [0.29, 0.717) is 0 Å². The summed E-state index contributed by atoms with van der Waals surface area (Å²) in [7, 11) is -3.44. The van der Waals surface area contributed by atoms with Crippen molar-refractivity contribution in [2.75, 3.05) is 12.3 Å². The first-order chi connectivity index (χ1) is 8.75. The normalized spacial score (nSPS) is 13.2. The molecule has 0 radical (unpaired) electrons. The first-order valence-electron chi connectivity index (χ1n) is 5.74. The molecule has 0 aromatic heterocycles. The number of amides is 1. The molecule has 1 aromatic rings. The van der Waals surface area contributed by atoms with Gasteiger partial charge >= 0.3 is 0 Å². The van der Waals surface area contributed by atoms with Crippen molar-refractivity contribution in [3.8, 4) is 0 Å². The highest BCUT2D eigenvalue weighted by atomic mass is 32.2. The van der Waals surface area contributed by atoms with Crippen molar-refractivity contribution < 1.29 is 17.6 Å². The Balaban J connectivity index is 2.91. The molecule has 1 amide bonds. The fourth-order valence-electron chi connectivity index (χ4n) is 1.62. The average molecular weight is 288 g/mol. The van der Waals surface area contributed by atoms with Crippen molar-refractivity contribution in [1.82, 2.24) is 0 Å². The molecule has 7 heteroatoms. The van der Waals surface area contributed by atoms with Gasteiger partial charge in [-0.1, -0.05) is 13.0 Å². The van der Waals surface area contributed by atoms with Crippen LogP contribution in [0.3, 0.4) is 0 Å². The molecule has 0 saturated carbocycles. The van der Waals surface area contributed by atoms with E-state index in [0.717, 1.165) is 6.07 Å². The third-order valence-corrected chi connectivity index (χ3v) is 4.48. The molecule has 0 bridgehead atoms. The van der Waals surface area contributed by atoms with Gasteiger partial charge in [0.25, 0.3) is 0 Å². The van der Waals surface area contributed by atoms with Crippen LogP contribution in [0.4, 0.5) is 4.39 Å². The van der Waals surface area contributed by atoms with E-state index in [-0.39, 0.29) is 29.3 Å². The number of rotatable bonds is 6. The van der Waals surface area contributed by atoms with Gasteiger partial charge in [-0.15, -0.1) is 0 Å². The van der Waals surface area contributed by atoms with E-state index in [9.17, 15) is 17.6 Å². The zero-order chi connectivity index (χ0) is 14.6. The van der Waals surface area contributed by atoms with Crippen LogP contribution in [0.2, 0.25) is 0 Å². The van der Waals surface area contributed by atoms with E-state index < -0.39 is 27.3 Å². The second-order valence-electron chi connectivity index (χ2n) is 4.57. The Morgan fingerprint density at radius 1 is 1.42 bits per heavy atom. The van der Waals surface area contributed by atoms with E-state index in [4.69, 9.17) is 11.5 Å². The summed E-state index contributed by atoms with van der Waals surface area (Å²) in [5.41, 5.74) is 10.4. The number of carbonyl (C=O) groups excluding carboxylic acids is 1. The SMILES string of the molecule is CC(CN)CS(=O)(=O)Cc1ccc(C(N)=O)cc1F. The number of hydrogen-bond acceptors (Lipinski definition) is 4. The highest BCUT2D eigenvalue weighted by Gasteiger charge is 2.18. The fraction of sp³-hybridized carbons (Fsp3) is 0.417. The van der Waals surface area contributed by atoms with Crippen LogP contribution < -0.4 is 11.5 Å².